The van der Waals surface area contributed by atoms with E-state index in [4.69, 9.17) is 9.47 Å². The summed E-state index contributed by atoms with van der Waals surface area (Å²) in [5, 5.41) is 14.7. The number of ether oxygens (including phenoxy) is 2. The Morgan fingerprint density at radius 1 is 1.18 bits per heavy atom. The molecule has 0 amide bonds. The first-order chi connectivity index (χ1) is 13.4. The normalized spacial score (nSPS) is 18.8. The van der Waals surface area contributed by atoms with Crippen molar-refractivity contribution in [3.8, 4) is 22.6 Å². The maximum Gasteiger partial charge on any atom is 0.123 e. The number of β-amino-alcohol motifs (C(OH)–C–C–N with tert-alkyl or cyclic N) is 1. The fourth-order valence-corrected chi connectivity index (χ4v) is 4.61. The maximum absolute atomic E-state index is 10.5. The van der Waals surface area contributed by atoms with E-state index in [1.54, 1.807) is 18.4 Å². The summed E-state index contributed by atoms with van der Waals surface area (Å²) in [6, 6.07) is 7.95. The van der Waals surface area contributed by atoms with Gasteiger partial charge in [-0.3, -0.25) is 9.80 Å². The quantitative estimate of drug-likeness (QED) is 0.729. The van der Waals surface area contributed by atoms with Crippen LogP contribution in [-0.2, 0) is 0 Å². The van der Waals surface area contributed by atoms with E-state index in [0.717, 1.165) is 48.8 Å². The lowest BCUT2D eigenvalue weighted by Crippen LogP contribution is -2.60. The van der Waals surface area contributed by atoms with E-state index in [1.807, 2.05) is 18.2 Å². The van der Waals surface area contributed by atoms with E-state index in [2.05, 4.69) is 47.4 Å². The van der Waals surface area contributed by atoms with Crippen molar-refractivity contribution in [1.29, 1.82) is 0 Å². The standard InChI is InChI=1S/C22H32N2O3S/c1-5-24-8-7-23(16-22(24,2)3)13-19(25)14-27-21-11-18(10-20(12-21)26-4)17-6-9-28-15-17/h6,9-12,15,19,25H,5,7-8,13-14,16H2,1-4H3. The van der Waals surface area contributed by atoms with Gasteiger partial charge in [0.2, 0.25) is 0 Å². The van der Waals surface area contributed by atoms with Crippen LogP contribution < -0.4 is 9.47 Å². The molecule has 1 atom stereocenters. The molecule has 1 aromatic heterocycles. The molecule has 1 saturated heterocycles. The highest BCUT2D eigenvalue weighted by Gasteiger charge is 2.33. The number of likely N-dealkylation sites (N-methyl/N-ethyl adjacent to an activating group) is 1. The molecular formula is C22H32N2O3S. The fraction of sp³-hybridized carbons (Fsp3) is 0.545. The monoisotopic (exact) mass is 404 g/mol. The van der Waals surface area contributed by atoms with Gasteiger partial charge in [-0.25, -0.2) is 0 Å². The largest absolute Gasteiger partial charge is 0.497 e. The summed E-state index contributed by atoms with van der Waals surface area (Å²) in [7, 11) is 1.66. The van der Waals surface area contributed by atoms with Crippen LogP contribution in [0.25, 0.3) is 11.1 Å². The highest BCUT2D eigenvalue weighted by molar-refractivity contribution is 7.08. The molecule has 1 N–H and O–H groups in total. The zero-order valence-corrected chi connectivity index (χ0v) is 18.2. The summed E-state index contributed by atoms with van der Waals surface area (Å²) < 4.78 is 11.3. The Hall–Kier alpha value is -1.60. The first kappa shape index (κ1) is 21.1. The van der Waals surface area contributed by atoms with Gasteiger partial charge in [0.15, 0.2) is 0 Å². The van der Waals surface area contributed by atoms with Crippen LogP contribution in [-0.4, -0.2) is 73.0 Å². The van der Waals surface area contributed by atoms with Crippen molar-refractivity contribution >= 4 is 11.3 Å². The Morgan fingerprint density at radius 3 is 2.61 bits per heavy atom. The molecule has 1 unspecified atom stereocenters. The molecule has 28 heavy (non-hydrogen) atoms. The second-order valence-corrected chi connectivity index (χ2v) is 8.78. The van der Waals surface area contributed by atoms with E-state index in [9.17, 15) is 5.11 Å². The average Bonchev–Trinajstić information content (AvgIpc) is 3.20. The van der Waals surface area contributed by atoms with Gasteiger partial charge < -0.3 is 14.6 Å². The molecule has 1 aromatic carbocycles. The lowest BCUT2D eigenvalue weighted by molar-refractivity contribution is -0.00574. The third-order valence-corrected chi connectivity index (χ3v) is 6.10. The van der Waals surface area contributed by atoms with Crippen LogP contribution >= 0.6 is 11.3 Å². The lowest BCUT2D eigenvalue weighted by atomic mass is 9.98. The van der Waals surface area contributed by atoms with Gasteiger partial charge in [0.1, 0.15) is 24.2 Å². The SMILES string of the molecule is CCN1CCN(CC(O)COc2cc(OC)cc(-c3ccsc3)c2)CC1(C)C. The summed E-state index contributed by atoms with van der Waals surface area (Å²) in [4.78, 5) is 4.83. The molecular weight excluding hydrogens is 372 g/mol. The number of hydrogen-bond acceptors (Lipinski definition) is 6. The predicted octanol–water partition coefficient (Wildman–Crippen LogP) is 3.58. The van der Waals surface area contributed by atoms with Crippen LogP contribution in [0.2, 0.25) is 0 Å². The van der Waals surface area contributed by atoms with Crippen molar-refractivity contribution < 1.29 is 14.6 Å². The predicted molar refractivity (Wildman–Crippen MR) is 116 cm³/mol. The van der Waals surface area contributed by atoms with E-state index >= 15 is 0 Å². The Labute approximate surface area is 172 Å². The fourth-order valence-electron chi connectivity index (χ4n) is 3.94. The first-order valence-corrected chi connectivity index (χ1v) is 10.9. The molecule has 154 valence electrons. The second-order valence-electron chi connectivity index (χ2n) is 8.00. The second kappa shape index (κ2) is 9.27. The van der Waals surface area contributed by atoms with Crippen LogP contribution in [0.1, 0.15) is 20.8 Å². The molecule has 2 heterocycles. The minimum Gasteiger partial charge on any atom is -0.497 e. The molecule has 0 aliphatic carbocycles. The number of piperazine rings is 1. The van der Waals surface area contributed by atoms with Crippen LogP contribution in [0.5, 0.6) is 11.5 Å². The van der Waals surface area contributed by atoms with Gasteiger partial charge in [0, 0.05) is 37.8 Å². The van der Waals surface area contributed by atoms with E-state index < -0.39 is 6.10 Å². The Morgan fingerprint density at radius 2 is 1.96 bits per heavy atom. The molecule has 0 bridgehead atoms. The van der Waals surface area contributed by atoms with Crippen LogP contribution in [0.4, 0.5) is 0 Å². The van der Waals surface area contributed by atoms with Crippen LogP contribution in [0.15, 0.2) is 35.0 Å². The maximum atomic E-state index is 10.5. The minimum absolute atomic E-state index is 0.135. The molecule has 3 rings (SSSR count). The molecule has 6 heteroatoms. The van der Waals surface area contributed by atoms with Gasteiger partial charge in [0.05, 0.1) is 7.11 Å². The van der Waals surface area contributed by atoms with Crippen molar-refractivity contribution in [2.24, 2.45) is 0 Å². The number of nitrogens with zero attached hydrogens (tertiary/aromatic N) is 2. The smallest absolute Gasteiger partial charge is 0.123 e. The summed E-state index contributed by atoms with van der Waals surface area (Å²) in [6.07, 6.45) is -0.528. The molecule has 2 aromatic rings. The third kappa shape index (κ3) is 5.26. The summed E-state index contributed by atoms with van der Waals surface area (Å²) in [5.41, 5.74) is 2.34. The van der Waals surface area contributed by atoms with E-state index in [1.165, 1.54) is 0 Å². The zero-order valence-electron chi connectivity index (χ0n) is 17.4. The van der Waals surface area contributed by atoms with Gasteiger partial charge in [0.25, 0.3) is 0 Å². The number of methoxy groups -OCH3 is 1. The first-order valence-electron chi connectivity index (χ1n) is 9.91. The van der Waals surface area contributed by atoms with Gasteiger partial charge in [-0.2, -0.15) is 11.3 Å². The van der Waals surface area contributed by atoms with Crippen LogP contribution in [0.3, 0.4) is 0 Å². The number of aliphatic hydroxyl groups is 1. The molecule has 0 saturated carbocycles. The van der Waals surface area contributed by atoms with Gasteiger partial charge in [-0.1, -0.05) is 6.92 Å². The molecule has 5 nitrogen and oxygen atoms in total. The zero-order chi connectivity index (χ0) is 20.1. The van der Waals surface area contributed by atoms with E-state index in [-0.39, 0.29) is 12.1 Å². The number of benzene rings is 1. The summed E-state index contributed by atoms with van der Waals surface area (Å²) in [6.45, 7) is 11.7. The average molecular weight is 405 g/mol. The third-order valence-electron chi connectivity index (χ3n) is 5.42. The summed E-state index contributed by atoms with van der Waals surface area (Å²) in [5.74, 6) is 1.47. The lowest BCUT2D eigenvalue weighted by Gasteiger charge is -2.47. The number of hydrogen-bond donors (Lipinski definition) is 1. The number of thiophene rings is 1. The number of aliphatic hydroxyl groups excluding tert-OH is 1. The molecule has 0 spiro atoms. The van der Waals surface area contributed by atoms with Crippen molar-refractivity contribution in [3.05, 3.63) is 35.0 Å². The Balaban J connectivity index is 1.57. The molecule has 1 aliphatic heterocycles. The molecule has 0 radical (unpaired) electrons. The molecule has 1 fully saturated rings. The van der Waals surface area contributed by atoms with Gasteiger partial charge >= 0.3 is 0 Å². The summed E-state index contributed by atoms with van der Waals surface area (Å²) >= 11 is 1.66. The van der Waals surface area contributed by atoms with Crippen molar-refractivity contribution in [2.45, 2.75) is 32.4 Å². The Bertz CT molecular complexity index is 748. The number of rotatable bonds is 8. The highest BCUT2D eigenvalue weighted by atomic mass is 32.1. The molecule has 1 aliphatic rings. The van der Waals surface area contributed by atoms with Crippen molar-refractivity contribution in [2.75, 3.05) is 46.4 Å². The highest BCUT2D eigenvalue weighted by Crippen LogP contribution is 2.31. The van der Waals surface area contributed by atoms with Gasteiger partial charge in [-0.15, -0.1) is 0 Å². The minimum atomic E-state index is -0.528. The van der Waals surface area contributed by atoms with Crippen molar-refractivity contribution in [3.63, 3.8) is 0 Å². The van der Waals surface area contributed by atoms with Crippen molar-refractivity contribution in [1.82, 2.24) is 9.80 Å². The topological polar surface area (TPSA) is 45.2 Å². The van der Waals surface area contributed by atoms with Crippen LogP contribution in [0, 0.1) is 0 Å². The van der Waals surface area contributed by atoms with Gasteiger partial charge in [-0.05, 0) is 60.5 Å². The Kier molecular flexibility index (Phi) is 6.99. The van der Waals surface area contributed by atoms with E-state index in [0.29, 0.717) is 6.54 Å².